The highest BCUT2D eigenvalue weighted by atomic mass is 16.1. The minimum absolute atomic E-state index is 0.0401. The van der Waals surface area contributed by atoms with Gasteiger partial charge in [0, 0.05) is 18.6 Å². The highest BCUT2D eigenvalue weighted by molar-refractivity contribution is 5.77. The van der Waals surface area contributed by atoms with E-state index < -0.39 is 0 Å². The summed E-state index contributed by atoms with van der Waals surface area (Å²) in [5, 5.41) is 9.12. The molecule has 20 heavy (non-hydrogen) atoms. The van der Waals surface area contributed by atoms with Crippen LogP contribution in [-0.2, 0) is 4.79 Å². The van der Waals surface area contributed by atoms with Crippen molar-refractivity contribution >= 4 is 5.91 Å². The fourth-order valence-electron chi connectivity index (χ4n) is 2.99. The highest BCUT2D eigenvalue weighted by Gasteiger charge is 2.33. The minimum Gasteiger partial charge on any atom is -0.369 e. The molecule has 0 saturated carbocycles. The molecule has 1 aromatic rings. The van der Waals surface area contributed by atoms with Crippen molar-refractivity contribution in [3.05, 3.63) is 35.9 Å². The Morgan fingerprint density at radius 2 is 2.15 bits per heavy atom. The summed E-state index contributed by atoms with van der Waals surface area (Å²) in [4.78, 5) is 13.7. The fraction of sp³-hybridized carbons (Fsp3) is 0.500. The van der Waals surface area contributed by atoms with Crippen molar-refractivity contribution in [2.75, 3.05) is 6.54 Å². The van der Waals surface area contributed by atoms with E-state index in [2.05, 4.69) is 17.9 Å². The van der Waals surface area contributed by atoms with Gasteiger partial charge in [0.1, 0.15) is 0 Å². The molecule has 3 atom stereocenters. The van der Waals surface area contributed by atoms with E-state index in [1.165, 1.54) is 0 Å². The smallest absolute Gasteiger partial charge is 0.221 e. The zero-order valence-corrected chi connectivity index (χ0v) is 11.8. The van der Waals surface area contributed by atoms with Gasteiger partial charge in [-0.3, -0.25) is 9.69 Å². The van der Waals surface area contributed by atoms with E-state index >= 15 is 0 Å². The predicted molar refractivity (Wildman–Crippen MR) is 77.5 cm³/mol. The highest BCUT2D eigenvalue weighted by Crippen LogP contribution is 2.32. The van der Waals surface area contributed by atoms with Crippen molar-refractivity contribution in [2.45, 2.75) is 38.3 Å². The molecule has 0 aromatic heterocycles. The van der Waals surface area contributed by atoms with E-state index in [-0.39, 0.29) is 17.9 Å². The Morgan fingerprint density at radius 3 is 2.75 bits per heavy atom. The number of carbonyl (C=O) groups is 1. The molecule has 0 aliphatic carbocycles. The number of carbonyl (C=O) groups excluding carboxylic acids is 1. The Bertz CT molecular complexity index is 494. The molecule has 1 fully saturated rings. The molecule has 1 saturated heterocycles. The standard InChI is InChI=1S/C16H21N3O/c1-12-7-8-14(16(18)20)11-19(12)15(9-10-17)13-5-3-2-4-6-13/h2-6,12,14-15H,7-9,11H2,1H3,(H2,18,20). The molecule has 4 heteroatoms. The number of benzene rings is 1. The second-order valence-corrected chi connectivity index (χ2v) is 5.51. The largest absolute Gasteiger partial charge is 0.369 e. The Hall–Kier alpha value is -1.86. The van der Waals surface area contributed by atoms with Crippen molar-refractivity contribution in [3.63, 3.8) is 0 Å². The summed E-state index contributed by atoms with van der Waals surface area (Å²) in [5.41, 5.74) is 6.59. The predicted octanol–water partition coefficient (Wildman–Crippen LogP) is 2.23. The number of nitriles is 1. The third kappa shape index (κ3) is 3.17. The van der Waals surface area contributed by atoms with E-state index in [0.29, 0.717) is 19.0 Å². The summed E-state index contributed by atoms with van der Waals surface area (Å²) in [6, 6.07) is 12.7. The molecule has 1 amide bonds. The third-order valence-corrected chi connectivity index (χ3v) is 4.20. The molecule has 1 heterocycles. The molecule has 0 radical (unpaired) electrons. The maximum Gasteiger partial charge on any atom is 0.221 e. The molecule has 0 spiro atoms. The molecular weight excluding hydrogens is 250 g/mol. The number of rotatable bonds is 4. The molecular formula is C16H21N3O. The van der Waals surface area contributed by atoms with Crippen molar-refractivity contribution in [1.29, 1.82) is 5.26 Å². The Kier molecular flexibility index (Phi) is 4.75. The van der Waals surface area contributed by atoms with Crippen LogP contribution in [0.25, 0.3) is 0 Å². The van der Waals surface area contributed by atoms with Crippen LogP contribution in [-0.4, -0.2) is 23.4 Å². The molecule has 1 aliphatic heterocycles. The first-order valence-electron chi connectivity index (χ1n) is 7.10. The second-order valence-electron chi connectivity index (χ2n) is 5.51. The maximum atomic E-state index is 11.5. The summed E-state index contributed by atoms with van der Waals surface area (Å²) in [7, 11) is 0. The third-order valence-electron chi connectivity index (χ3n) is 4.20. The lowest BCUT2D eigenvalue weighted by molar-refractivity contribution is -0.124. The molecule has 106 valence electrons. The molecule has 1 aromatic carbocycles. The lowest BCUT2D eigenvalue weighted by Gasteiger charge is -2.41. The van der Waals surface area contributed by atoms with Gasteiger partial charge in [-0.15, -0.1) is 0 Å². The van der Waals surface area contributed by atoms with Crippen LogP contribution in [0.1, 0.15) is 37.8 Å². The van der Waals surface area contributed by atoms with Crippen molar-refractivity contribution in [2.24, 2.45) is 11.7 Å². The zero-order chi connectivity index (χ0) is 14.5. The van der Waals surface area contributed by atoms with E-state index in [1.807, 2.05) is 30.3 Å². The number of amides is 1. The number of hydrogen-bond acceptors (Lipinski definition) is 3. The average molecular weight is 271 g/mol. The van der Waals surface area contributed by atoms with Crippen LogP contribution in [0.2, 0.25) is 0 Å². The maximum absolute atomic E-state index is 11.5. The summed E-state index contributed by atoms with van der Waals surface area (Å²) in [5.74, 6) is -0.332. The second kappa shape index (κ2) is 6.53. The summed E-state index contributed by atoms with van der Waals surface area (Å²) >= 11 is 0. The summed E-state index contributed by atoms with van der Waals surface area (Å²) in [6.07, 6.45) is 2.23. The molecule has 3 unspecified atom stereocenters. The topological polar surface area (TPSA) is 70.1 Å². The Labute approximate surface area is 120 Å². The molecule has 4 nitrogen and oxygen atoms in total. The van der Waals surface area contributed by atoms with Gasteiger partial charge in [-0.05, 0) is 25.3 Å². The minimum atomic E-state index is -0.231. The van der Waals surface area contributed by atoms with Gasteiger partial charge in [0.15, 0.2) is 0 Å². The first-order chi connectivity index (χ1) is 9.63. The number of piperidine rings is 1. The van der Waals surface area contributed by atoms with Gasteiger partial charge in [-0.2, -0.15) is 5.26 Å². The molecule has 0 bridgehead atoms. The normalized spacial score (nSPS) is 24.8. The lowest BCUT2D eigenvalue weighted by Crippen LogP contribution is -2.47. The van der Waals surface area contributed by atoms with Gasteiger partial charge >= 0.3 is 0 Å². The Balaban J connectivity index is 2.23. The van der Waals surface area contributed by atoms with Crippen LogP contribution >= 0.6 is 0 Å². The van der Waals surface area contributed by atoms with E-state index in [0.717, 1.165) is 18.4 Å². The van der Waals surface area contributed by atoms with Crippen LogP contribution < -0.4 is 5.73 Å². The van der Waals surface area contributed by atoms with Crippen LogP contribution in [0, 0.1) is 17.2 Å². The number of primary amides is 1. The van der Waals surface area contributed by atoms with Crippen molar-refractivity contribution < 1.29 is 4.79 Å². The van der Waals surface area contributed by atoms with E-state index in [4.69, 9.17) is 11.0 Å². The number of likely N-dealkylation sites (tertiary alicyclic amines) is 1. The van der Waals surface area contributed by atoms with Gasteiger partial charge in [-0.25, -0.2) is 0 Å². The van der Waals surface area contributed by atoms with E-state index in [1.54, 1.807) is 0 Å². The Morgan fingerprint density at radius 1 is 1.45 bits per heavy atom. The van der Waals surface area contributed by atoms with Gasteiger partial charge < -0.3 is 5.73 Å². The van der Waals surface area contributed by atoms with Gasteiger partial charge in [0.25, 0.3) is 0 Å². The number of nitrogens with zero attached hydrogens (tertiary/aromatic N) is 2. The summed E-state index contributed by atoms with van der Waals surface area (Å²) < 4.78 is 0. The SMILES string of the molecule is CC1CCC(C(N)=O)CN1C(CC#N)c1ccccc1. The average Bonchev–Trinajstić information content (AvgIpc) is 2.46. The van der Waals surface area contributed by atoms with Crippen LogP contribution in [0.5, 0.6) is 0 Å². The zero-order valence-electron chi connectivity index (χ0n) is 11.8. The van der Waals surface area contributed by atoms with Gasteiger partial charge in [0.2, 0.25) is 5.91 Å². The van der Waals surface area contributed by atoms with Crippen LogP contribution in [0.4, 0.5) is 0 Å². The van der Waals surface area contributed by atoms with Crippen LogP contribution in [0.15, 0.2) is 30.3 Å². The molecule has 2 rings (SSSR count). The monoisotopic (exact) mass is 271 g/mol. The first-order valence-corrected chi connectivity index (χ1v) is 7.10. The van der Waals surface area contributed by atoms with Crippen molar-refractivity contribution in [1.82, 2.24) is 4.90 Å². The fourth-order valence-corrected chi connectivity index (χ4v) is 2.99. The van der Waals surface area contributed by atoms with Gasteiger partial charge in [-0.1, -0.05) is 30.3 Å². The quantitative estimate of drug-likeness (QED) is 0.912. The first kappa shape index (κ1) is 14.5. The van der Waals surface area contributed by atoms with E-state index in [9.17, 15) is 4.79 Å². The molecule has 1 aliphatic rings. The number of nitrogens with two attached hydrogens (primary N) is 1. The molecule has 2 N–H and O–H groups in total. The van der Waals surface area contributed by atoms with Crippen molar-refractivity contribution in [3.8, 4) is 6.07 Å². The lowest BCUT2D eigenvalue weighted by atomic mass is 9.89. The number of hydrogen-bond donors (Lipinski definition) is 1. The summed E-state index contributed by atoms with van der Waals surface area (Å²) in [6.45, 7) is 2.81. The van der Waals surface area contributed by atoms with Crippen LogP contribution in [0.3, 0.4) is 0 Å². The van der Waals surface area contributed by atoms with Gasteiger partial charge in [0.05, 0.1) is 18.4 Å².